The Morgan fingerprint density at radius 3 is 2.83 bits per heavy atom. The summed E-state index contributed by atoms with van der Waals surface area (Å²) < 4.78 is 4.91. The van der Waals surface area contributed by atoms with Gasteiger partial charge < -0.3 is 10.3 Å². The molecule has 0 aromatic carbocycles. The van der Waals surface area contributed by atoms with E-state index in [1.165, 1.54) is 6.42 Å². The summed E-state index contributed by atoms with van der Waals surface area (Å²) in [6, 6.07) is 0.224. The average Bonchev–Trinajstić information content (AvgIpc) is 2.58. The summed E-state index contributed by atoms with van der Waals surface area (Å²) in [6.07, 6.45) is 3.36. The lowest BCUT2D eigenvalue weighted by atomic mass is 10.0. The van der Waals surface area contributed by atoms with Crippen LogP contribution in [0.15, 0.2) is 4.52 Å². The van der Waals surface area contributed by atoms with Crippen molar-refractivity contribution in [3.05, 3.63) is 11.7 Å². The number of aromatic nitrogens is 2. The maximum Gasteiger partial charge on any atom is 0.223 e. The number of rotatable bonds is 1. The van der Waals surface area contributed by atoms with Gasteiger partial charge >= 0.3 is 0 Å². The van der Waals surface area contributed by atoms with Crippen molar-refractivity contribution in [2.24, 2.45) is 5.73 Å². The fraction of sp³-hybridized carbons (Fsp3) is 0.750. The molecule has 66 valence electrons. The zero-order valence-electron chi connectivity index (χ0n) is 7.16. The Hall–Kier alpha value is -0.900. The molecule has 0 aliphatic heterocycles. The molecular formula is C8H13N3O. The van der Waals surface area contributed by atoms with Gasteiger partial charge in [0.1, 0.15) is 0 Å². The van der Waals surface area contributed by atoms with Gasteiger partial charge in [-0.1, -0.05) is 11.6 Å². The van der Waals surface area contributed by atoms with Crippen LogP contribution in [-0.4, -0.2) is 16.2 Å². The van der Waals surface area contributed by atoms with Crippen LogP contribution >= 0.6 is 0 Å². The first-order valence-corrected chi connectivity index (χ1v) is 4.33. The molecule has 1 fully saturated rings. The second-order valence-electron chi connectivity index (χ2n) is 3.37. The summed E-state index contributed by atoms with van der Waals surface area (Å²) in [7, 11) is 0. The summed E-state index contributed by atoms with van der Waals surface area (Å²) in [5.74, 6) is 1.74. The molecule has 2 atom stereocenters. The second kappa shape index (κ2) is 2.86. The molecule has 1 heterocycles. The number of nitrogens with two attached hydrogens (primary N) is 1. The summed E-state index contributed by atoms with van der Waals surface area (Å²) in [5, 5.41) is 3.88. The third kappa shape index (κ3) is 1.22. The molecule has 1 aromatic rings. The minimum atomic E-state index is 0.224. The second-order valence-corrected chi connectivity index (χ2v) is 3.37. The minimum Gasteiger partial charge on any atom is -0.340 e. The van der Waals surface area contributed by atoms with E-state index in [1.807, 2.05) is 0 Å². The summed E-state index contributed by atoms with van der Waals surface area (Å²) in [4.78, 5) is 4.19. The van der Waals surface area contributed by atoms with Crippen LogP contribution in [-0.2, 0) is 0 Å². The Bertz CT molecular complexity index is 271. The molecule has 1 saturated carbocycles. The summed E-state index contributed by atoms with van der Waals surface area (Å²) in [5.41, 5.74) is 5.90. The molecule has 12 heavy (non-hydrogen) atoms. The normalized spacial score (nSPS) is 29.5. The van der Waals surface area contributed by atoms with Gasteiger partial charge in [-0.2, -0.15) is 4.98 Å². The Kier molecular flexibility index (Phi) is 1.84. The smallest absolute Gasteiger partial charge is 0.223 e. The van der Waals surface area contributed by atoms with Crippen molar-refractivity contribution >= 4 is 0 Å². The molecule has 1 aliphatic rings. The van der Waals surface area contributed by atoms with Crippen molar-refractivity contribution in [1.82, 2.24) is 10.1 Å². The third-order valence-electron chi connectivity index (χ3n) is 2.44. The van der Waals surface area contributed by atoms with Gasteiger partial charge in [0.25, 0.3) is 0 Å². The molecule has 0 spiro atoms. The van der Waals surface area contributed by atoms with Crippen LogP contribution in [0.2, 0.25) is 0 Å². The molecule has 0 radical (unpaired) electrons. The summed E-state index contributed by atoms with van der Waals surface area (Å²) in [6.45, 7) is 1.80. The first-order valence-electron chi connectivity index (χ1n) is 4.33. The van der Waals surface area contributed by atoms with E-state index in [0.29, 0.717) is 11.8 Å². The van der Waals surface area contributed by atoms with E-state index >= 15 is 0 Å². The Morgan fingerprint density at radius 2 is 2.33 bits per heavy atom. The fourth-order valence-corrected chi connectivity index (χ4v) is 1.77. The number of aryl methyl sites for hydroxylation is 1. The van der Waals surface area contributed by atoms with Crippen LogP contribution in [0.25, 0.3) is 0 Å². The van der Waals surface area contributed by atoms with E-state index in [1.54, 1.807) is 6.92 Å². The van der Waals surface area contributed by atoms with Crippen LogP contribution in [0.3, 0.4) is 0 Å². The van der Waals surface area contributed by atoms with E-state index in [0.717, 1.165) is 18.7 Å². The van der Waals surface area contributed by atoms with Crippen LogP contribution in [0, 0.1) is 6.92 Å². The number of hydrogen-bond acceptors (Lipinski definition) is 4. The molecule has 0 saturated heterocycles. The lowest BCUT2D eigenvalue weighted by molar-refractivity contribution is 0.381. The first kappa shape index (κ1) is 7.73. The molecule has 1 aromatic heterocycles. The number of hydrogen-bond donors (Lipinski definition) is 1. The molecule has 0 amide bonds. The first-order chi connectivity index (χ1) is 5.77. The minimum absolute atomic E-state index is 0.224. The predicted molar refractivity (Wildman–Crippen MR) is 43.6 cm³/mol. The van der Waals surface area contributed by atoms with Gasteiger partial charge in [0.2, 0.25) is 5.89 Å². The van der Waals surface area contributed by atoms with Crippen molar-refractivity contribution < 1.29 is 4.52 Å². The Balaban J connectivity index is 2.19. The van der Waals surface area contributed by atoms with Crippen LogP contribution in [0.5, 0.6) is 0 Å². The van der Waals surface area contributed by atoms with Crippen molar-refractivity contribution in [2.45, 2.75) is 38.1 Å². The van der Waals surface area contributed by atoms with Gasteiger partial charge in [-0.15, -0.1) is 0 Å². The standard InChI is InChI=1S/C8H13N3O/c1-5-10-8(11-12-5)6-3-2-4-7(6)9/h6-7H,2-4,9H2,1H3/t6-,7-/m0/s1. The van der Waals surface area contributed by atoms with Gasteiger partial charge in [0, 0.05) is 18.9 Å². The van der Waals surface area contributed by atoms with Gasteiger partial charge in [-0.3, -0.25) is 0 Å². The molecule has 4 nitrogen and oxygen atoms in total. The van der Waals surface area contributed by atoms with Crippen molar-refractivity contribution in [3.8, 4) is 0 Å². The van der Waals surface area contributed by atoms with Crippen LogP contribution < -0.4 is 5.73 Å². The average molecular weight is 167 g/mol. The Morgan fingerprint density at radius 1 is 1.50 bits per heavy atom. The summed E-state index contributed by atoms with van der Waals surface area (Å²) >= 11 is 0. The highest BCUT2D eigenvalue weighted by Crippen LogP contribution is 2.31. The van der Waals surface area contributed by atoms with E-state index in [9.17, 15) is 0 Å². The van der Waals surface area contributed by atoms with Crippen molar-refractivity contribution in [1.29, 1.82) is 0 Å². The fourth-order valence-electron chi connectivity index (χ4n) is 1.77. The monoisotopic (exact) mass is 167 g/mol. The van der Waals surface area contributed by atoms with Gasteiger partial charge in [-0.25, -0.2) is 0 Å². The SMILES string of the molecule is Cc1nc([C@H]2CCC[C@@H]2N)no1. The van der Waals surface area contributed by atoms with Crippen LogP contribution in [0.4, 0.5) is 0 Å². The van der Waals surface area contributed by atoms with E-state index < -0.39 is 0 Å². The number of nitrogens with zero attached hydrogens (tertiary/aromatic N) is 2. The van der Waals surface area contributed by atoms with E-state index in [-0.39, 0.29) is 6.04 Å². The quantitative estimate of drug-likeness (QED) is 0.677. The van der Waals surface area contributed by atoms with Crippen molar-refractivity contribution in [3.63, 3.8) is 0 Å². The molecule has 0 unspecified atom stereocenters. The zero-order valence-corrected chi connectivity index (χ0v) is 7.16. The Labute approximate surface area is 71.1 Å². The lowest BCUT2D eigenvalue weighted by Gasteiger charge is -2.09. The van der Waals surface area contributed by atoms with E-state index in [4.69, 9.17) is 10.3 Å². The molecule has 2 N–H and O–H groups in total. The van der Waals surface area contributed by atoms with E-state index in [2.05, 4.69) is 10.1 Å². The molecule has 0 bridgehead atoms. The maximum atomic E-state index is 5.90. The van der Waals surface area contributed by atoms with Gasteiger partial charge in [0.05, 0.1) is 0 Å². The van der Waals surface area contributed by atoms with Gasteiger partial charge in [0.15, 0.2) is 5.82 Å². The van der Waals surface area contributed by atoms with Crippen molar-refractivity contribution in [2.75, 3.05) is 0 Å². The molecule has 4 heteroatoms. The topological polar surface area (TPSA) is 64.9 Å². The molecular weight excluding hydrogens is 154 g/mol. The largest absolute Gasteiger partial charge is 0.340 e. The third-order valence-corrected chi connectivity index (χ3v) is 2.44. The van der Waals surface area contributed by atoms with Crippen LogP contribution in [0.1, 0.15) is 36.9 Å². The van der Waals surface area contributed by atoms with Gasteiger partial charge in [-0.05, 0) is 12.8 Å². The highest BCUT2D eigenvalue weighted by molar-refractivity contribution is 5.02. The highest BCUT2D eigenvalue weighted by Gasteiger charge is 2.28. The highest BCUT2D eigenvalue weighted by atomic mass is 16.5. The predicted octanol–water partition coefficient (Wildman–Crippen LogP) is 0.973. The maximum absolute atomic E-state index is 5.90. The zero-order chi connectivity index (χ0) is 8.55. The molecule has 1 aliphatic carbocycles. The molecule has 2 rings (SSSR count). The lowest BCUT2D eigenvalue weighted by Crippen LogP contribution is -2.23.